The van der Waals surface area contributed by atoms with Crippen LogP contribution < -0.4 is 5.73 Å². The maximum atomic E-state index is 6.00. The van der Waals surface area contributed by atoms with Crippen LogP contribution >= 0.6 is 11.3 Å². The number of hydrogen-bond donors (Lipinski definition) is 1. The molecule has 0 fully saturated rings. The van der Waals surface area contributed by atoms with Gasteiger partial charge in [-0.05, 0) is 19.8 Å². The van der Waals surface area contributed by atoms with Crippen molar-refractivity contribution >= 4 is 16.3 Å². The molecular formula is C11H16N4S. The van der Waals surface area contributed by atoms with Crippen LogP contribution in [0.4, 0.5) is 5.00 Å². The first-order valence-corrected chi connectivity index (χ1v) is 6.19. The lowest BCUT2D eigenvalue weighted by Gasteiger charge is -1.93. The standard InChI is InChI=1S/C11H16N4S/c1-4-5-9-13-10(11(12)16-9)8-6-15(3)14-7(8)2/h6H,4-5,12H2,1-3H3. The highest BCUT2D eigenvalue weighted by molar-refractivity contribution is 7.16. The van der Waals surface area contributed by atoms with Gasteiger partial charge < -0.3 is 5.73 Å². The van der Waals surface area contributed by atoms with Gasteiger partial charge in [0.1, 0.15) is 10.7 Å². The van der Waals surface area contributed by atoms with Gasteiger partial charge >= 0.3 is 0 Å². The van der Waals surface area contributed by atoms with Crippen LogP contribution in [0, 0.1) is 6.92 Å². The summed E-state index contributed by atoms with van der Waals surface area (Å²) in [5.74, 6) is 0. The number of rotatable bonds is 3. The fourth-order valence-electron chi connectivity index (χ4n) is 1.72. The number of nitrogens with zero attached hydrogens (tertiary/aromatic N) is 3. The molecule has 0 atom stereocenters. The average Bonchev–Trinajstić information content (AvgIpc) is 2.70. The molecule has 2 aromatic rings. The second kappa shape index (κ2) is 4.25. The van der Waals surface area contributed by atoms with Gasteiger partial charge in [-0.2, -0.15) is 5.10 Å². The quantitative estimate of drug-likeness (QED) is 0.890. The van der Waals surface area contributed by atoms with E-state index in [4.69, 9.17) is 5.73 Å². The summed E-state index contributed by atoms with van der Waals surface area (Å²) in [4.78, 5) is 4.58. The molecule has 2 heterocycles. The molecule has 2 rings (SSSR count). The zero-order valence-electron chi connectivity index (χ0n) is 9.82. The molecule has 0 spiro atoms. The lowest BCUT2D eigenvalue weighted by molar-refractivity contribution is 0.756. The molecule has 0 unspecified atom stereocenters. The van der Waals surface area contributed by atoms with E-state index in [2.05, 4.69) is 17.0 Å². The molecule has 0 radical (unpaired) electrons. The normalized spacial score (nSPS) is 10.9. The summed E-state index contributed by atoms with van der Waals surface area (Å²) in [5, 5.41) is 6.21. The highest BCUT2D eigenvalue weighted by Crippen LogP contribution is 2.32. The molecule has 2 aromatic heterocycles. The van der Waals surface area contributed by atoms with Crippen molar-refractivity contribution in [1.82, 2.24) is 14.8 Å². The van der Waals surface area contributed by atoms with E-state index in [1.54, 1.807) is 16.0 Å². The van der Waals surface area contributed by atoms with Crippen LogP contribution in [0.2, 0.25) is 0 Å². The molecule has 0 saturated carbocycles. The summed E-state index contributed by atoms with van der Waals surface area (Å²) in [5.41, 5.74) is 8.90. The Balaban J connectivity index is 2.43. The van der Waals surface area contributed by atoms with Gasteiger partial charge in [-0.1, -0.05) is 6.92 Å². The summed E-state index contributed by atoms with van der Waals surface area (Å²) in [6, 6.07) is 0. The summed E-state index contributed by atoms with van der Waals surface area (Å²) < 4.78 is 1.79. The minimum atomic E-state index is 0.791. The van der Waals surface area contributed by atoms with Crippen LogP contribution in [0.3, 0.4) is 0 Å². The molecule has 5 heteroatoms. The number of thiazole rings is 1. The highest BCUT2D eigenvalue weighted by atomic mass is 32.1. The predicted molar refractivity (Wildman–Crippen MR) is 67.5 cm³/mol. The molecule has 0 aromatic carbocycles. The van der Waals surface area contributed by atoms with E-state index >= 15 is 0 Å². The number of nitrogens with two attached hydrogens (primary N) is 1. The van der Waals surface area contributed by atoms with Crippen LogP contribution in [0.25, 0.3) is 11.3 Å². The van der Waals surface area contributed by atoms with Gasteiger partial charge in [0, 0.05) is 18.8 Å². The first kappa shape index (κ1) is 11.1. The van der Waals surface area contributed by atoms with Crippen molar-refractivity contribution in [1.29, 1.82) is 0 Å². The van der Waals surface area contributed by atoms with Gasteiger partial charge in [0.15, 0.2) is 0 Å². The zero-order valence-corrected chi connectivity index (χ0v) is 10.6. The first-order valence-electron chi connectivity index (χ1n) is 5.37. The van der Waals surface area contributed by atoms with Crippen molar-refractivity contribution in [2.45, 2.75) is 26.7 Å². The summed E-state index contributed by atoms with van der Waals surface area (Å²) >= 11 is 1.58. The van der Waals surface area contributed by atoms with Crippen molar-refractivity contribution in [3.05, 3.63) is 16.9 Å². The van der Waals surface area contributed by atoms with Gasteiger partial charge in [-0.15, -0.1) is 11.3 Å². The molecule has 4 nitrogen and oxygen atoms in total. The number of anilines is 1. The smallest absolute Gasteiger partial charge is 0.114 e. The monoisotopic (exact) mass is 236 g/mol. The second-order valence-corrected chi connectivity index (χ2v) is 4.99. The molecule has 0 aliphatic rings. The number of nitrogen functional groups attached to an aromatic ring is 1. The van der Waals surface area contributed by atoms with E-state index in [0.717, 1.165) is 39.8 Å². The lowest BCUT2D eigenvalue weighted by Crippen LogP contribution is -1.87. The zero-order chi connectivity index (χ0) is 11.7. The molecule has 0 aliphatic carbocycles. The fourth-order valence-corrected chi connectivity index (χ4v) is 2.67. The van der Waals surface area contributed by atoms with Crippen molar-refractivity contribution in [3.8, 4) is 11.3 Å². The minimum absolute atomic E-state index is 0.791. The van der Waals surface area contributed by atoms with E-state index in [1.807, 2.05) is 20.2 Å². The van der Waals surface area contributed by atoms with E-state index in [9.17, 15) is 0 Å². The maximum absolute atomic E-state index is 6.00. The van der Waals surface area contributed by atoms with Crippen LogP contribution in [0.1, 0.15) is 24.0 Å². The lowest BCUT2D eigenvalue weighted by atomic mass is 10.2. The molecule has 0 aliphatic heterocycles. The van der Waals surface area contributed by atoms with Crippen LogP contribution in [0.5, 0.6) is 0 Å². The number of aromatic nitrogens is 3. The Morgan fingerprint density at radius 1 is 1.50 bits per heavy atom. The van der Waals surface area contributed by atoms with Gasteiger partial charge in [-0.3, -0.25) is 4.68 Å². The molecule has 0 saturated heterocycles. The number of hydrogen-bond acceptors (Lipinski definition) is 4. The van der Waals surface area contributed by atoms with Crippen molar-refractivity contribution in [2.24, 2.45) is 7.05 Å². The molecule has 86 valence electrons. The van der Waals surface area contributed by atoms with Gasteiger partial charge in [-0.25, -0.2) is 4.98 Å². The molecular weight excluding hydrogens is 220 g/mol. The van der Waals surface area contributed by atoms with Gasteiger partial charge in [0.2, 0.25) is 0 Å². The third-order valence-electron chi connectivity index (χ3n) is 2.43. The summed E-state index contributed by atoms with van der Waals surface area (Å²) in [6.45, 7) is 4.13. The number of aryl methyl sites for hydroxylation is 3. The van der Waals surface area contributed by atoms with Crippen LogP contribution in [-0.4, -0.2) is 14.8 Å². The third kappa shape index (κ3) is 1.95. The Labute approximate surface area is 99.1 Å². The van der Waals surface area contributed by atoms with E-state index < -0.39 is 0 Å². The summed E-state index contributed by atoms with van der Waals surface area (Å²) in [7, 11) is 1.91. The van der Waals surface area contributed by atoms with Crippen molar-refractivity contribution in [2.75, 3.05) is 5.73 Å². The predicted octanol–water partition coefficient (Wildman–Crippen LogP) is 2.39. The van der Waals surface area contributed by atoms with E-state index in [0.29, 0.717) is 0 Å². The second-order valence-electron chi connectivity index (χ2n) is 3.87. The third-order valence-corrected chi connectivity index (χ3v) is 3.37. The summed E-state index contributed by atoms with van der Waals surface area (Å²) in [6.07, 6.45) is 4.06. The first-order chi connectivity index (χ1) is 7.61. The van der Waals surface area contributed by atoms with Gasteiger partial charge in [0.25, 0.3) is 0 Å². The Morgan fingerprint density at radius 3 is 2.81 bits per heavy atom. The van der Waals surface area contributed by atoms with Crippen LogP contribution in [0.15, 0.2) is 6.20 Å². The maximum Gasteiger partial charge on any atom is 0.114 e. The van der Waals surface area contributed by atoms with Crippen molar-refractivity contribution in [3.63, 3.8) is 0 Å². The minimum Gasteiger partial charge on any atom is -0.389 e. The fraction of sp³-hybridized carbons (Fsp3) is 0.455. The van der Waals surface area contributed by atoms with Gasteiger partial charge in [0.05, 0.1) is 10.7 Å². The largest absolute Gasteiger partial charge is 0.389 e. The molecule has 2 N–H and O–H groups in total. The average molecular weight is 236 g/mol. The molecule has 16 heavy (non-hydrogen) atoms. The Hall–Kier alpha value is -1.36. The Kier molecular flexibility index (Phi) is 2.96. The van der Waals surface area contributed by atoms with E-state index in [-0.39, 0.29) is 0 Å². The molecule has 0 amide bonds. The Morgan fingerprint density at radius 2 is 2.25 bits per heavy atom. The molecule has 0 bridgehead atoms. The Bertz CT molecular complexity index is 498. The van der Waals surface area contributed by atoms with Crippen LogP contribution in [-0.2, 0) is 13.5 Å². The van der Waals surface area contributed by atoms with Crippen molar-refractivity contribution < 1.29 is 0 Å². The van der Waals surface area contributed by atoms with E-state index in [1.165, 1.54) is 0 Å². The highest BCUT2D eigenvalue weighted by Gasteiger charge is 2.14. The SMILES string of the molecule is CCCc1nc(-c2cn(C)nc2C)c(N)s1. The topological polar surface area (TPSA) is 56.7 Å².